The molecule has 3 N–H and O–H groups in total. The van der Waals surface area contributed by atoms with Gasteiger partial charge in [-0.2, -0.15) is 0 Å². The lowest BCUT2D eigenvalue weighted by Gasteiger charge is -2.60. The van der Waals surface area contributed by atoms with Gasteiger partial charge in [0.25, 0.3) is 13.3 Å². The average molecular weight is 436 g/mol. The molecule has 0 bridgehead atoms. The van der Waals surface area contributed by atoms with Gasteiger partial charge in [0.1, 0.15) is 12.2 Å². The van der Waals surface area contributed by atoms with Gasteiger partial charge < -0.3 is 24.9 Å². The smallest absolute Gasteiger partial charge is 0.296 e. The average Bonchev–Trinajstić information content (AvgIpc) is 3.01. The van der Waals surface area contributed by atoms with Crippen LogP contribution < -0.4 is 0 Å². The highest BCUT2D eigenvalue weighted by molar-refractivity contribution is 5.96. The van der Waals surface area contributed by atoms with E-state index in [0.29, 0.717) is 25.7 Å². The number of aliphatic hydroxyl groups is 3. The standard InChI is InChI=1S/C23H33NO7/c1-21-7-5-15(24-31-13-30-12-26)9-14(21)3-4-16-17-6-8-23(29,19(28)11-25)22(17,2)10-18(27)20(16)21/h9,12,16-18,20,25,27,29H,3-8,10-11,13H2,1-2H3/t16?,17?,18?,20?,21-,22-,23-/m0/s1. The van der Waals surface area contributed by atoms with Crippen LogP contribution in [0.2, 0.25) is 0 Å². The molecule has 4 aliphatic carbocycles. The normalized spacial score (nSPS) is 45.2. The molecule has 31 heavy (non-hydrogen) atoms. The monoisotopic (exact) mass is 435 g/mol. The predicted octanol–water partition coefficient (Wildman–Crippen LogP) is 1.72. The van der Waals surface area contributed by atoms with Crippen LogP contribution in [0, 0.1) is 28.6 Å². The quantitative estimate of drug-likeness (QED) is 0.251. The third-order valence-electron chi connectivity index (χ3n) is 9.04. The van der Waals surface area contributed by atoms with Gasteiger partial charge in [-0.3, -0.25) is 9.59 Å². The van der Waals surface area contributed by atoms with Crippen LogP contribution in [0.15, 0.2) is 16.8 Å². The highest BCUT2D eigenvalue weighted by Crippen LogP contribution is 2.67. The van der Waals surface area contributed by atoms with Gasteiger partial charge in [0.05, 0.1) is 11.8 Å². The molecule has 8 nitrogen and oxygen atoms in total. The molecule has 0 saturated heterocycles. The molecule has 8 heteroatoms. The summed E-state index contributed by atoms with van der Waals surface area (Å²) in [5, 5.41) is 36.2. The van der Waals surface area contributed by atoms with Crippen molar-refractivity contribution < 1.29 is 34.5 Å². The summed E-state index contributed by atoms with van der Waals surface area (Å²) in [5.41, 5.74) is -0.411. The zero-order chi connectivity index (χ0) is 22.4. The van der Waals surface area contributed by atoms with Crippen LogP contribution in [0.5, 0.6) is 0 Å². The van der Waals surface area contributed by atoms with E-state index in [4.69, 9.17) is 4.84 Å². The van der Waals surface area contributed by atoms with Crippen molar-refractivity contribution in [3.63, 3.8) is 0 Å². The van der Waals surface area contributed by atoms with E-state index in [1.807, 2.05) is 6.92 Å². The topological polar surface area (TPSA) is 126 Å². The maximum atomic E-state index is 12.5. The summed E-state index contributed by atoms with van der Waals surface area (Å²) in [6, 6.07) is 0. The highest BCUT2D eigenvalue weighted by Gasteiger charge is 2.68. The van der Waals surface area contributed by atoms with Gasteiger partial charge in [-0.25, -0.2) is 0 Å². The van der Waals surface area contributed by atoms with Crippen molar-refractivity contribution >= 4 is 18.0 Å². The number of allylic oxidation sites excluding steroid dienone is 2. The summed E-state index contributed by atoms with van der Waals surface area (Å²) >= 11 is 0. The highest BCUT2D eigenvalue weighted by atomic mass is 16.7. The second-order valence-electron chi connectivity index (χ2n) is 10.2. The van der Waals surface area contributed by atoms with Gasteiger partial charge in [-0.15, -0.1) is 0 Å². The van der Waals surface area contributed by atoms with Gasteiger partial charge in [0.15, 0.2) is 5.78 Å². The summed E-state index contributed by atoms with van der Waals surface area (Å²) < 4.78 is 4.50. The minimum Gasteiger partial charge on any atom is -0.428 e. The molecule has 3 fully saturated rings. The maximum Gasteiger partial charge on any atom is 0.296 e. The zero-order valence-electron chi connectivity index (χ0n) is 18.2. The summed E-state index contributed by atoms with van der Waals surface area (Å²) in [4.78, 5) is 27.7. The number of nitrogens with zero attached hydrogens (tertiary/aromatic N) is 1. The molecular weight excluding hydrogens is 402 g/mol. The number of aliphatic hydroxyl groups excluding tert-OH is 2. The number of ether oxygens (including phenoxy) is 1. The molecule has 7 atom stereocenters. The molecule has 0 aromatic heterocycles. The molecule has 0 spiro atoms. The van der Waals surface area contributed by atoms with E-state index in [1.54, 1.807) is 0 Å². The van der Waals surface area contributed by atoms with Crippen LogP contribution in [-0.4, -0.2) is 58.4 Å². The summed E-state index contributed by atoms with van der Waals surface area (Å²) in [6.45, 7) is 3.57. The Hall–Kier alpha value is -1.77. The van der Waals surface area contributed by atoms with E-state index >= 15 is 0 Å². The number of carbonyl (C=O) groups excluding carboxylic acids is 2. The van der Waals surface area contributed by atoms with E-state index in [-0.39, 0.29) is 30.0 Å². The van der Waals surface area contributed by atoms with Gasteiger partial charge in [0.2, 0.25) is 0 Å². The Morgan fingerprint density at radius 1 is 1.29 bits per heavy atom. The Labute approximate surface area is 182 Å². The molecular formula is C23H33NO7. The first-order valence-electron chi connectivity index (χ1n) is 11.2. The molecule has 4 rings (SSSR count). The molecule has 0 heterocycles. The lowest BCUT2D eigenvalue weighted by molar-refractivity contribution is -0.181. The van der Waals surface area contributed by atoms with E-state index in [0.717, 1.165) is 31.4 Å². The van der Waals surface area contributed by atoms with Crippen molar-refractivity contribution in [3.8, 4) is 0 Å². The third-order valence-corrected chi connectivity index (χ3v) is 9.04. The number of Topliss-reactive ketones (excluding diaryl/α,β-unsaturated/α-hetero) is 1. The summed E-state index contributed by atoms with van der Waals surface area (Å²) in [6.07, 6.45) is 6.15. The SMILES string of the molecule is C[C@]12CCC(=NOCOC=O)C=C1CCC1C2C(O)C[C@@]2(C)C1CC[C@]2(O)C(=O)CO. The molecule has 0 amide bonds. The third kappa shape index (κ3) is 3.26. The Morgan fingerprint density at radius 3 is 2.77 bits per heavy atom. The molecule has 4 unspecified atom stereocenters. The second kappa shape index (κ2) is 7.98. The number of hydrogen-bond donors (Lipinski definition) is 3. The fourth-order valence-corrected chi connectivity index (χ4v) is 7.53. The largest absolute Gasteiger partial charge is 0.428 e. The number of hydrogen-bond acceptors (Lipinski definition) is 8. The first-order valence-corrected chi connectivity index (χ1v) is 11.2. The van der Waals surface area contributed by atoms with Crippen LogP contribution in [-0.2, 0) is 19.2 Å². The van der Waals surface area contributed by atoms with E-state index < -0.39 is 29.5 Å². The van der Waals surface area contributed by atoms with Crippen molar-refractivity contribution in [1.29, 1.82) is 0 Å². The first-order chi connectivity index (χ1) is 14.7. The minimum atomic E-state index is -1.57. The Morgan fingerprint density at radius 2 is 2.06 bits per heavy atom. The van der Waals surface area contributed by atoms with Crippen molar-refractivity contribution in [2.45, 2.75) is 70.5 Å². The maximum absolute atomic E-state index is 12.5. The van der Waals surface area contributed by atoms with Gasteiger partial charge >= 0.3 is 0 Å². The van der Waals surface area contributed by atoms with Crippen molar-refractivity contribution in [2.75, 3.05) is 13.4 Å². The van der Waals surface area contributed by atoms with Gasteiger partial charge in [-0.1, -0.05) is 24.6 Å². The minimum absolute atomic E-state index is 0.0537. The molecule has 4 aliphatic rings. The number of oxime groups is 1. The van der Waals surface area contributed by atoms with Crippen LogP contribution in [0.25, 0.3) is 0 Å². The molecule has 0 radical (unpaired) electrons. The molecule has 172 valence electrons. The summed E-state index contributed by atoms with van der Waals surface area (Å²) in [7, 11) is 0. The second-order valence-corrected chi connectivity index (χ2v) is 10.2. The van der Waals surface area contributed by atoms with Crippen molar-refractivity contribution in [2.24, 2.45) is 33.7 Å². The van der Waals surface area contributed by atoms with Crippen molar-refractivity contribution in [1.82, 2.24) is 0 Å². The van der Waals surface area contributed by atoms with Crippen LogP contribution in [0.4, 0.5) is 0 Å². The van der Waals surface area contributed by atoms with Crippen LogP contribution in [0.1, 0.15) is 58.8 Å². The fraction of sp³-hybridized carbons (Fsp3) is 0.783. The van der Waals surface area contributed by atoms with Crippen LogP contribution >= 0.6 is 0 Å². The fourth-order valence-electron chi connectivity index (χ4n) is 7.53. The Bertz CT molecular complexity index is 810. The van der Waals surface area contributed by atoms with Gasteiger partial charge in [-0.05, 0) is 74.2 Å². The van der Waals surface area contributed by atoms with Crippen LogP contribution in [0.3, 0.4) is 0 Å². The molecule has 0 aliphatic heterocycles. The number of fused-ring (bicyclic) bond motifs is 5. The number of rotatable bonds is 6. The Balaban J connectivity index is 1.60. The Kier molecular flexibility index (Phi) is 5.77. The van der Waals surface area contributed by atoms with E-state index in [1.165, 1.54) is 5.57 Å². The zero-order valence-corrected chi connectivity index (χ0v) is 18.2. The molecule has 0 aromatic rings. The van der Waals surface area contributed by atoms with E-state index in [9.17, 15) is 24.9 Å². The van der Waals surface area contributed by atoms with E-state index in [2.05, 4.69) is 22.9 Å². The lowest BCUT2D eigenvalue weighted by Crippen LogP contribution is -2.62. The first kappa shape index (κ1) is 22.4. The van der Waals surface area contributed by atoms with Gasteiger partial charge in [0, 0.05) is 5.41 Å². The molecule has 0 aromatic carbocycles. The molecule has 3 saturated carbocycles. The lowest BCUT2D eigenvalue weighted by atomic mass is 9.45. The number of carbonyl (C=O) groups is 2. The predicted molar refractivity (Wildman–Crippen MR) is 111 cm³/mol. The van der Waals surface area contributed by atoms with Crippen molar-refractivity contribution in [3.05, 3.63) is 11.6 Å². The summed E-state index contributed by atoms with van der Waals surface area (Å²) in [5.74, 6) is -0.119. The number of ketones is 1.